The fraction of sp³-hybridized carbons (Fsp3) is 0.154. The van der Waals surface area contributed by atoms with Crippen LogP contribution in [0.4, 0.5) is 0 Å². The van der Waals surface area contributed by atoms with Crippen LogP contribution in [0.1, 0.15) is 21.7 Å². The maximum Gasteiger partial charge on any atom is 0.339 e. The Balaban J connectivity index is 2.58. The zero-order valence-electron chi connectivity index (χ0n) is 10.2. The van der Waals surface area contributed by atoms with Crippen LogP contribution in [0.5, 0.6) is 0 Å². The molecule has 98 valence electrons. The number of hydrogen-bond acceptors (Lipinski definition) is 3. The summed E-state index contributed by atoms with van der Waals surface area (Å²) >= 11 is 11.8. The largest absolute Gasteiger partial charge is 0.478 e. The van der Waals surface area contributed by atoms with Gasteiger partial charge < -0.3 is 5.11 Å². The van der Waals surface area contributed by atoms with Crippen molar-refractivity contribution in [3.05, 3.63) is 45.2 Å². The Labute approximate surface area is 120 Å². The van der Waals surface area contributed by atoms with Gasteiger partial charge in [0.25, 0.3) is 0 Å². The summed E-state index contributed by atoms with van der Waals surface area (Å²) < 4.78 is 0. The van der Waals surface area contributed by atoms with Crippen molar-refractivity contribution in [2.75, 3.05) is 0 Å². The Morgan fingerprint density at radius 2 is 1.68 bits per heavy atom. The van der Waals surface area contributed by atoms with E-state index in [2.05, 4.69) is 9.97 Å². The third-order valence-electron chi connectivity index (χ3n) is 2.66. The summed E-state index contributed by atoms with van der Waals surface area (Å²) in [7, 11) is 0. The van der Waals surface area contributed by atoms with E-state index in [1.54, 1.807) is 32.0 Å². The first-order valence-corrected chi connectivity index (χ1v) is 6.19. The molecule has 2 aromatic rings. The van der Waals surface area contributed by atoms with Crippen molar-refractivity contribution >= 4 is 29.2 Å². The van der Waals surface area contributed by atoms with E-state index >= 15 is 0 Å². The highest BCUT2D eigenvalue weighted by Crippen LogP contribution is 2.27. The van der Waals surface area contributed by atoms with Crippen molar-refractivity contribution < 1.29 is 9.90 Å². The van der Waals surface area contributed by atoms with Crippen LogP contribution >= 0.6 is 23.2 Å². The molecule has 19 heavy (non-hydrogen) atoms. The number of aryl methyl sites for hydroxylation is 2. The van der Waals surface area contributed by atoms with Gasteiger partial charge in [-0.1, -0.05) is 23.2 Å². The normalized spacial score (nSPS) is 10.5. The first-order chi connectivity index (χ1) is 8.90. The number of aromatic nitrogens is 2. The molecule has 4 nitrogen and oxygen atoms in total. The molecule has 0 aliphatic rings. The number of aromatic carboxylic acids is 1. The van der Waals surface area contributed by atoms with E-state index in [0.717, 1.165) is 0 Å². The number of nitrogens with zero attached hydrogens (tertiary/aromatic N) is 2. The zero-order chi connectivity index (χ0) is 14.2. The lowest BCUT2D eigenvalue weighted by molar-refractivity contribution is 0.0694. The minimum absolute atomic E-state index is 0.129. The molecule has 1 N–H and O–H groups in total. The van der Waals surface area contributed by atoms with Gasteiger partial charge in [-0.25, -0.2) is 14.8 Å². The SMILES string of the molecule is Cc1nc(-c2ccc(Cl)c(Cl)c2)nc(C)c1C(=O)O. The van der Waals surface area contributed by atoms with Gasteiger partial charge in [0.15, 0.2) is 5.82 Å². The summed E-state index contributed by atoms with van der Waals surface area (Å²) in [5.41, 5.74) is 1.66. The van der Waals surface area contributed by atoms with Gasteiger partial charge in [-0.3, -0.25) is 0 Å². The Hall–Kier alpha value is -1.65. The van der Waals surface area contributed by atoms with Gasteiger partial charge >= 0.3 is 5.97 Å². The van der Waals surface area contributed by atoms with E-state index in [1.807, 2.05) is 0 Å². The molecule has 0 aliphatic carbocycles. The smallest absolute Gasteiger partial charge is 0.339 e. The number of halogens is 2. The molecule has 1 aromatic heterocycles. The summed E-state index contributed by atoms with van der Waals surface area (Å²) in [6, 6.07) is 5.04. The van der Waals surface area contributed by atoms with Crippen molar-refractivity contribution in [3.63, 3.8) is 0 Å². The minimum Gasteiger partial charge on any atom is -0.478 e. The molecule has 1 heterocycles. The Kier molecular flexibility index (Phi) is 3.73. The van der Waals surface area contributed by atoms with E-state index in [9.17, 15) is 4.79 Å². The molecule has 0 atom stereocenters. The van der Waals surface area contributed by atoms with E-state index in [1.165, 1.54) is 0 Å². The third-order valence-corrected chi connectivity index (χ3v) is 3.40. The van der Waals surface area contributed by atoms with Crippen molar-refractivity contribution in [2.24, 2.45) is 0 Å². The van der Waals surface area contributed by atoms with Crippen LogP contribution in [-0.2, 0) is 0 Å². The maximum atomic E-state index is 11.1. The third kappa shape index (κ3) is 2.69. The van der Waals surface area contributed by atoms with E-state index in [4.69, 9.17) is 28.3 Å². The molecule has 0 bridgehead atoms. The predicted molar refractivity (Wildman–Crippen MR) is 73.9 cm³/mol. The summed E-state index contributed by atoms with van der Waals surface area (Å²) in [5, 5.41) is 9.92. The van der Waals surface area contributed by atoms with Gasteiger partial charge in [0.1, 0.15) is 5.56 Å². The zero-order valence-corrected chi connectivity index (χ0v) is 11.7. The number of hydrogen-bond donors (Lipinski definition) is 1. The molecule has 0 unspecified atom stereocenters. The Bertz CT molecular complexity index is 649. The number of carboxylic acid groups (broad SMARTS) is 1. The molecular weight excluding hydrogens is 287 g/mol. The van der Waals surface area contributed by atoms with Gasteiger partial charge in [-0.2, -0.15) is 0 Å². The second kappa shape index (κ2) is 5.15. The molecule has 0 saturated heterocycles. The summed E-state index contributed by atoms with van der Waals surface area (Å²) in [6.07, 6.45) is 0. The van der Waals surface area contributed by atoms with Crippen LogP contribution in [0.3, 0.4) is 0 Å². The van der Waals surface area contributed by atoms with Crippen LogP contribution in [0, 0.1) is 13.8 Å². The van der Waals surface area contributed by atoms with E-state index < -0.39 is 5.97 Å². The lowest BCUT2D eigenvalue weighted by Crippen LogP contribution is -2.08. The Morgan fingerprint density at radius 3 is 2.16 bits per heavy atom. The summed E-state index contributed by atoms with van der Waals surface area (Å²) in [6.45, 7) is 3.28. The highest BCUT2D eigenvalue weighted by Gasteiger charge is 2.15. The van der Waals surface area contributed by atoms with Crippen LogP contribution < -0.4 is 0 Å². The molecule has 0 fully saturated rings. The van der Waals surface area contributed by atoms with Crippen molar-refractivity contribution in [1.29, 1.82) is 0 Å². The molecule has 0 radical (unpaired) electrons. The van der Waals surface area contributed by atoms with Gasteiger partial charge in [0.2, 0.25) is 0 Å². The van der Waals surface area contributed by atoms with Gasteiger partial charge in [0.05, 0.1) is 21.4 Å². The van der Waals surface area contributed by atoms with Crippen molar-refractivity contribution in [1.82, 2.24) is 9.97 Å². The van der Waals surface area contributed by atoms with E-state index in [-0.39, 0.29) is 5.56 Å². The van der Waals surface area contributed by atoms with Crippen LogP contribution in [-0.4, -0.2) is 21.0 Å². The molecular formula is C13H10Cl2N2O2. The van der Waals surface area contributed by atoms with Gasteiger partial charge in [-0.05, 0) is 32.0 Å². The second-order valence-electron chi connectivity index (χ2n) is 4.03. The Morgan fingerprint density at radius 1 is 1.11 bits per heavy atom. The number of rotatable bonds is 2. The lowest BCUT2D eigenvalue weighted by Gasteiger charge is -2.08. The molecule has 1 aromatic carbocycles. The average Bonchev–Trinajstić information content (AvgIpc) is 2.31. The molecule has 0 saturated carbocycles. The van der Waals surface area contributed by atoms with Gasteiger partial charge in [-0.15, -0.1) is 0 Å². The molecule has 6 heteroatoms. The second-order valence-corrected chi connectivity index (χ2v) is 4.84. The number of carboxylic acids is 1. The molecule has 0 amide bonds. The first-order valence-electron chi connectivity index (χ1n) is 5.44. The molecule has 0 spiro atoms. The van der Waals surface area contributed by atoms with Gasteiger partial charge in [0, 0.05) is 5.56 Å². The predicted octanol–water partition coefficient (Wildman–Crippen LogP) is 3.77. The van der Waals surface area contributed by atoms with Crippen LogP contribution in [0.15, 0.2) is 18.2 Å². The van der Waals surface area contributed by atoms with Crippen LogP contribution in [0.25, 0.3) is 11.4 Å². The standard InChI is InChI=1S/C13H10Cl2N2O2/c1-6-11(13(18)19)7(2)17-12(16-6)8-3-4-9(14)10(15)5-8/h3-5H,1-2H3,(H,18,19). The summed E-state index contributed by atoms with van der Waals surface area (Å²) in [4.78, 5) is 19.5. The summed E-state index contributed by atoms with van der Waals surface area (Å²) in [5.74, 6) is -0.603. The monoisotopic (exact) mass is 296 g/mol. The molecule has 0 aliphatic heterocycles. The fourth-order valence-electron chi connectivity index (χ4n) is 1.79. The van der Waals surface area contributed by atoms with Crippen molar-refractivity contribution in [3.8, 4) is 11.4 Å². The highest BCUT2D eigenvalue weighted by atomic mass is 35.5. The first kappa shape index (κ1) is 13.8. The van der Waals surface area contributed by atoms with Crippen LogP contribution in [0.2, 0.25) is 10.0 Å². The highest BCUT2D eigenvalue weighted by molar-refractivity contribution is 6.42. The molecule has 2 rings (SSSR count). The topological polar surface area (TPSA) is 63.1 Å². The minimum atomic E-state index is -1.03. The lowest BCUT2D eigenvalue weighted by atomic mass is 10.1. The van der Waals surface area contributed by atoms with E-state index in [0.29, 0.717) is 32.8 Å². The number of benzene rings is 1. The quantitative estimate of drug-likeness (QED) is 0.916. The van der Waals surface area contributed by atoms with Crippen molar-refractivity contribution in [2.45, 2.75) is 13.8 Å². The number of carbonyl (C=O) groups is 1. The maximum absolute atomic E-state index is 11.1. The fourth-order valence-corrected chi connectivity index (χ4v) is 2.09. The average molecular weight is 297 g/mol.